The molecule has 1 aliphatic heterocycles. The summed E-state index contributed by atoms with van der Waals surface area (Å²) < 4.78 is 5.53. The lowest BCUT2D eigenvalue weighted by molar-refractivity contribution is -0.158. The lowest BCUT2D eigenvalue weighted by atomic mass is 9.85. The van der Waals surface area contributed by atoms with Crippen LogP contribution in [0, 0.1) is 0 Å². The summed E-state index contributed by atoms with van der Waals surface area (Å²) in [6.45, 7) is 8.18. The van der Waals surface area contributed by atoms with Crippen LogP contribution in [0.3, 0.4) is 0 Å². The molecule has 3 aromatic rings. The number of nitrogens with one attached hydrogen (secondary N) is 3. The quantitative estimate of drug-likeness (QED) is 0.252. The minimum atomic E-state index is -1.62. The first-order chi connectivity index (χ1) is 18.0. The van der Waals surface area contributed by atoms with Crippen LogP contribution in [0.15, 0.2) is 54.9 Å². The van der Waals surface area contributed by atoms with Crippen LogP contribution in [0.4, 0.5) is 0 Å². The van der Waals surface area contributed by atoms with Crippen LogP contribution in [-0.2, 0) is 20.9 Å². The van der Waals surface area contributed by atoms with Crippen LogP contribution >= 0.6 is 0 Å². The predicted octanol–water partition coefficient (Wildman–Crippen LogP) is 3.41. The summed E-state index contributed by atoms with van der Waals surface area (Å²) in [4.78, 5) is 35.6. The average molecular weight is 522 g/mol. The van der Waals surface area contributed by atoms with Crippen molar-refractivity contribution in [2.24, 2.45) is 0 Å². The van der Waals surface area contributed by atoms with Crippen molar-refractivity contribution in [3.05, 3.63) is 66.1 Å². The second kappa shape index (κ2) is 11.6. The molecule has 0 unspecified atom stereocenters. The smallest absolute Gasteiger partial charge is 0.320 e. The summed E-state index contributed by atoms with van der Waals surface area (Å²) in [6, 6.07) is 13.4. The highest BCUT2D eigenvalue weighted by Gasteiger charge is 2.38. The number of carbonyl (C=O) groups is 2. The maximum atomic E-state index is 13.7. The second-order valence-corrected chi connectivity index (χ2v) is 11.0. The van der Waals surface area contributed by atoms with E-state index in [4.69, 9.17) is 4.74 Å². The molecule has 0 saturated carbocycles. The van der Waals surface area contributed by atoms with Gasteiger partial charge >= 0.3 is 5.97 Å². The van der Waals surface area contributed by atoms with Crippen LogP contribution in [0.2, 0.25) is 0 Å². The van der Waals surface area contributed by atoms with E-state index in [1.807, 2.05) is 56.0 Å². The van der Waals surface area contributed by atoms with Gasteiger partial charge in [-0.15, -0.1) is 0 Å². The standard InChI is InChI=1S/C29H39N5O4/c1-5-29(37,31-18-23-15-22-17-30-13-11-24(22)32-23)33-27(36)25-16-21(20-9-7-6-8-10-20)12-14-34(25)19-26(35)38-28(2,3)4/h6-11,13,15,17,21,25,31-32,37H,5,12,14,16,18-19H2,1-4H3,(H,33,36)/t21-,25+,29-/m0/s1. The lowest BCUT2D eigenvalue weighted by Gasteiger charge is -2.40. The predicted molar refractivity (Wildman–Crippen MR) is 146 cm³/mol. The number of H-pyrrole nitrogens is 1. The first-order valence-corrected chi connectivity index (χ1v) is 13.3. The van der Waals surface area contributed by atoms with Crippen molar-refractivity contribution in [1.82, 2.24) is 25.5 Å². The van der Waals surface area contributed by atoms with Gasteiger partial charge in [-0.1, -0.05) is 37.3 Å². The summed E-state index contributed by atoms with van der Waals surface area (Å²) in [7, 11) is 0. The number of amides is 1. The van der Waals surface area contributed by atoms with Gasteiger partial charge in [0.05, 0.1) is 12.6 Å². The molecule has 0 bridgehead atoms. The molecule has 4 N–H and O–H groups in total. The van der Waals surface area contributed by atoms with E-state index in [1.165, 1.54) is 5.56 Å². The van der Waals surface area contributed by atoms with E-state index in [0.717, 1.165) is 23.0 Å². The fourth-order valence-corrected chi connectivity index (χ4v) is 4.96. The van der Waals surface area contributed by atoms with Gasteiger partial charge in [0.25, 0.3) is 0 Å². The molecule has 38 heavy (non-hydrogen) atoms. The van der Waals surface area contributed by atoms with E-state index in [1.54, 1.807) is 19.3 Å². The number of hydrogen-bond acceptors (Lipinski definition) is 7. The molecule has 9 heteroatoms. The van der Waals surface area contributed by atoms with Crippen LogP contribution in [0.25, 0.3) is 10.9 Å². The van der Waals surface area contributed by atoms with Gasteiger partial charge in [-0.05, 0) is 57.2 Å². The molecule has 1 aliphatic rings. The normalized spacial score (nSPS) is 20.1. The van der Waals surface area contributed by atoms with Crippen molar-refractivity contribution < 1.29 is 19.4 Å². The van der Waals surface area contributed by atoms with Crippen LogP contribution in [0.1, 0.15) is 64.1 Å². The van der Waals surface area contributed by atoms with Crippen molar-refractivity contribution >= 4 is 22.8 Å². The number of nitrogens with zero attached hydrogens (tertiary/aromatic N) is 2. The Morgan fingerprint density at radius 2 is 1.97 bits per heavy atom. The number of benzene rings is 1. The number of esters is 1. The highest BCUT2D eigenvalue weighted by atomic mass is 16.6. The van der Waals surface area contributed by atoms with Crippen LogP contribution < -0.4 is 10.6 Å². The molecule has 0 spiro atoms. The van der Waals surface area contributed by atoms with E-state index in [0.29, 0.717) is 19.5 Å². The molecule has 3 heterocycles. The first kappa shape index (κ1) is 27.8. The third kappa shape index (κ3) is 7.18. The molecule has 4 rings (SSSR count). The Morgan fingerprint density at radius 1 is 1.21 bits per heavy atom. The van der Waals surface area contributed by atoms with Crippen molar-refractivity contribution in [2.45, 2.75) is 76.9 Å². The molecule has 3 atom stereocenters. The molecular formula is C29H39N5O4. The van der Waals surface area contributed by atoms with Crippen molar-refractivity contribution in [1.29, 1.82) is 0 Å². The van der Waals surface area contributed by atoms with Gasteiger partial charge in [0.1, 0.15) is 5.60 Å². The van der Waals surface area contributed by atoms with Gasteiger partial charge in [0.15, 0.2) is 5.85 Å². The molecule has 1 amide bonds. The molecular weight excluding hydrogens is 482 g/mol. The van der Waals surface area contributed by atoms with Gasteiger partial charge in [0.2, 0.25) is 5.91 Å². The molecule has 1 aromatic carbocycles. The fraction of sp³-hybridized carbons (Fsp3) is 0.483. The van der Waals surface area contributed by atoms with E-state index in [2.05, 4.69) is 32.7 Å². The molecule has 0 aliphatic carbocycles. The number of fused-ring (bicyclic) bond motifs is 1. The van der Waals surface area contributed by atoms with Gasteiger partial charge in [-0.3, -0.25) is 24.8 Å². The minimum absolute atomic E-state index is 0.0119. The van der Waals surface area contributed by atoms with Gasteiger partial charge < -0.3 is 20.1 Å². The van der Waals surface area contributed by atoms with Gasteiger partial charge in [0, 0.05) is 48.5 Å². The molecule has 9 nitrogen and oxygen atoms in total. The number of likely N-dealkylation sites (tertiary alicyclic amines) is 1. The van der Waals surface area contributed by atoms with Crippen molar-refractivity contribution in [3.8, 4) is 0 Å². The Bertz CT molecular complexity index is 1210. The summed E-state index contributed by atoms with van der Waals surface area (Å²) in [5, 5.41) is 18.2. The maximum absolute atomic E-state index is 13.7. The van der Waals surface area contributed by atoms with Crippen LogP contribution in [0.5, 0.6) is 0 Å². The Morgan fingerprint density at radius 3 is 2.66 bits per heavy atom. The molecule has 1 saturated heterocycles. The highest BCUT2D eigenvalue weighted by Crippen LogP contribution is 2.32. The number of hydrogen-bond donors (Lipinski definition) is 4. The van der Waals surface area contributed by atoms with E-state index >= 15 is 0 Å². The van der Waals surface area contributed by atoms with Crippen molar-refractivity contribution in [2.75, 3.05) is 13.1 Å². The fourth-order valence-electron chi connectivity index (χ4n) is 4.96. The third-order valence-electron chi connectivity index (χ3n) is 6.93. The zero-order valence-corrected chi connectivity index (χ0v) is 22.7. The number of aromatic nitrogens is 2. The van der Waals surface area contributed by atoms with E-state index in [9.17, 15) is 14.7 Å². The number of pyridine rings is 1. The number of carbonyl (C=O) groups excluding carboxylic acids is 2. The SMILES string of the molecule is CC[C@](O)(NCc1cc2cnccc2[nH]1)NC(=O)[C@H]1C[C@@H](c2ccccc2)CCN1CC(=O)OC(C)(C)C. The summed E-state index contributed by atoms with van der Waals surface area (Å²) in [5.41, 5.74) is 2.37. The second-order valence-electron chi connectivity index (χ2n) is 11.0. The van der Waals surface area contributed by atoms with Crippen LogP contribution in [-0.4, -0.2) is 62.4 Å². The molecule has 0 radical (unpaired) electrons. The van der Waals surface area contributed by atoms with Gasteiger partial charge in [-0.2, -0.15) is 0 Å². The zero-order chi connectivity index (χ0) is 27.3. The Balaban J connectivity index is 1.47. The maximum Gasteiger partial charge on any atom is 0.320 e. The minimum Gasteiger partial charge on any atom is -0.459 e. The van der Waals surface area contributed by atoms with E-state index in [-0.39, 0.29) is 30.8 Å². The highest BCUT2D eigenvalue weighted by molar-refractivity contribution is 5.83. The average Bonchev–Trinajstić information content (AvgIpc) is 3.30. The Hall–Kier alpha value is -3.27. The van der Waals surface area contributed by atoms with Gasteiger partial charge in [-0.25, -0.2) is 0 Å². The summed E-state index contributed by atoms with van der Waals surface area (Å²) in [6.07, 6.45) is 5.10. The number of rotatable bonds is 9. The molecule has 204 valence electrons. The molecule has 2 aromatic heterocycles. The lowest BCUT2D eigenvalue weighted by Crippen LogP contribution is -2.63. The Labute approximate surface area is 224 Å². The summed E-state index contributed by atoms with van der Waals surface area (Å²) >= 11 is 0. The monoisotopic (exact) mass is 521 g/mol. The number of ether oxygens (including phenoxy) is 1. The zero-order valence-electron chi connectivity index (χ0n) is 22.7. The number of piperidine rings is 1. The topological polar surface area (TPSA) is 120 Å². The first-order valence-electron chi connectivity index (χ1n) is 13.3. The number of aliphatic hydroxyl groups is 1. The van der Waals surface area contributed by atoms with E-state index < -0.39 is 17.5 Å². The van der Waals surface area contributed by atoms with Crippen molar-refractivity contribution in [3.63, 3.8) is 0 Å². The number of aromatic amines is 1. The Kier molecular flexibility index (Phi) is 8.50. The largest absolute Gasteiger partial charge is 0.459 e. The third-order valence-corrected chi connectivity index (χ3v) is 6.93. The summed E-state index contributed by atoms with van der Waals surface area (Å²) in [5.74, 6) is -2.15. The molecule has 1 fully saturated rings.